The molecule has 0 fully saturated rings. The first-order chi connectivity index (χ1) is 5.29. The molecule has 2 heteroatoms. The molecular weight excluding hydrogens is 136 g/mol. The number of nitrogens with zero attached hydrogens (tertiary/aromatic N) is 1. The Hall–Kier alpha value is -1.31. The Morgan fingerprint density at radius 3 is 3.00 bits per heavy atom. The smallest absolute Gasteiger partial charge is 0.0675 e. The van der Waals surface area contributed by atoms with Gasteiger partial charge in [-0.2, -0.15) is 5.10 Å². The first-order valence-electron chi connectivity index (χ1n) is 3.58. The van der Waals surface area contributed by atoms with Crippen LogP contribution in [-0.4, -0.2) is 10.2 Å². The Bertz CT molecular complexity index is 282. The van der Waals surface area contributed by atoms with Crippen LogP contribution >= 0.6 is 0 Å². The number of hydrogen-bond acceptors (Lipinski definition) is 1. The SMILES string of the molecule is C=Cc1cn[nH]c1/C(C)=C\C. The van der Waals surface area contributed by atoms with Crippen molar-refractivity contribution in [3.63, 3.8) is 0 Å². The molecule has 0 aliphatic rings. The molecule has 1 heterocycles. The van der Waals surface area contributed by atoms with E-state index in [-0.39, 0.29) is 0 Å². The van der Waals surface area contributed by atoms with Crippen molar-refractivity contribution < 1.29 is 0 Å². The molecule has 0 bridgehead atoms. The van der Waals surface area contributed by atoms with E-state index in [0.717, 1.165) is 11.3 Å². The van der Waals surface area contributed by atoms with E-state index in [0.29, 0.717) is 0 Å². The topological polar surface area (TPSA) is 28.7 Å². The lowest BCUT2D eigenvalue weighted by molar-refractivity contribution is 1.07. The fraction of sp³-hybridized carbons (Fsp3) is 0.222. The molecule has 2 nitrogen and oxygen atoms in total. The Morgan fingerprint density at radius 1 is 1.73 bits per heavy atom. The van der Waals surface area contributed by atoms with Crippen molar-refractivity contribution in [2.24, 2.45) is 0 Å². The minimum absolute atomic E-state index is 1.06. The molecule has 0 aliphatic carbocycles. The Morgan fingerprint density at radius 2 is 2.45 bits per heavy atom. The molecule has 0 spiro atoms. The fourth-order valence-corrected chi connectivity index (χ4v) is 0.910. The van der Waals surface area contributed by atoms with E-state index in [1.165, 1.54) is 5.57 Å². The number of allylic oxidation sites excluding steroid dienone is 2. The predicted molar refractivity (Wildman–Crippen MR) is 48.0 cm³/mol. The van der Waals surface area contributed by atoms with Crippen molar-refractivity contribution in [1.82, 2.24) is 10.2 Å². The Kier molecular flexibility index (Phi) is 2.26. The predicted octanol–water partition coefficient (Wildman–Crippen LogP) is 2.48. The molecular formula is C9H12N2. The summed E-state index contributed by atoms with van der Waals surface area (Å²) in [5, 5.41) is 6.84. The maximum absolute atomic E-state index is 3.92. The maximum atomic E-state index is 3.92. The van der Waals surface area contributed by atoms with E-state index in [1.807, 2.05) is 19.9 Å². The van der Waals surface area contributed by atoms with E-state index >= 15 is 0 Å². The van der Waals surface area contributed by atoms with Gasteiger partial charge in [-0.3, -0.25) is 5.10 Å². The summed E-state index contributed by atoms with van der Waals surface area (Å²) in [5.41, 5.74) is 3.31. The second-order valence-electron chi connectivity index (χ2n) is 2.38. The third-order valence-corrected chi connectivity index (χ3v) is 1.72. The molecule has 1 aromatic rings. The molecule has 1 aromatic heterocycles. The van der Waals surface area contributed by atoms with Gasteiger partial charge in [-0.25, -0.2) is 0 Å². The summed E-state index contributed by atoms with van der Waals surface area (Å²) in [7, 11) is 0. The zero-order chi connectivity index (χ0) is 8.27. The number of H-pyrrole nitrogens is 1. The largest absolute Gasteiger partial charge is 0.278 e. The van der Waals surface area contributed by atoms with Crippen LogP contribution < -0.4 is 0 Å². The summed E-state index contributed by atoms with van der Waals surface area (Å²) in [5.74, 6) is 0. The van der Waals surface area contributed by atoms with Gasteiger partial charge in [0, 0.05) is 5.56 Å². The minimum Gasteiger partial charge on any atom is -0.278 e. The fourth-order valence-electron chi connectivity index (χ4n) is 0.910. The van der Waals surface area contributed by atoms with Gasteiger partial charge < -0.3 is 0 Å². The van der Waals surface area contributed by atoms with E-state index in [2.05, 4.69) is 16.8 Å². The lowest BCUT2D eigenvalue weighted by Gasteiger charge is -1.96. The number of nitrogens with one attached hydrogen (secondary N) is 1. The van der Waals surface area contributed by atoms with E-state index in [4.69, 9.17) is 0 Å². The van der Waals surface area contributed by atoms with Crippen LogP contribution in [0.15, 0.2) is 18.9 Å². The number of hydrogen-bond donors (Lipinski definition) is 1. The molecule has 0 aliphatic heterocycles. The summed E-state index contributed by atoms with van der Waals surface area (Å²) >= 11 is 0. The van der Waals surface area contributed by atoms with E-state index in [1.54, 1.807) is 12.3 Å². The average Bonchev–Trinajstić information content (AvgIpc) is 2.50. The highest BCUT2D eigenvalue weighted by atomic mass is 15.1. The van der Waals surface area contributed by atoms with Crippen LogP contribution in [0, 0.1) is 0 Å². The van der Waals surface area contributed by atoms with Gasteiger partial charge in [-0.1, -0.05) is 18.7 Å². The molecule has 0 radical (unpaired) electrons. The zero-order valence-electron chi connectivity index (χ0n) is 6.89. The quantitative estimate of drug-likeness (QED) is 0.685. The standard InChI is InChI=1S/C9H12N2/c1-4-7(3)9-8(5-2)6-10-11-9/h4-6H,2H2,1,3H3,(H,10,11)/b7-4-. The van der Waals surface area contributed by atoms with Gasteiger partial charge in [0.25, 0.3) is 0 Å². The van der Waals surface area contributed by atoms with E-state index in [9.17, 15) is 0 Å². The van der Waals surface area contributed by atoms with Crippen LogP contribution in [0.4, 0.5) is 0 Å². The van der Waals surface area contributed by atoms with Gasteiger partial charge in [0.2, 0.25) is 0 Å². The highest BCUT2D eigenvalue weighted by Crippen LogP contribution is 2.15. The average molecular weight is 148 g/mol. The number of rotatable bonds is 2. The molecule has 0 unspecified atom stereocenters. The molecule has 0 saturated carbocycles. The van der Waals surface area contributed by atoms with Crippen molar-refractivity contribution in [3.8, 4) is 0 Å². The van der Waals surface area contributed by atoms with Crippen LogP contribution in [0.2, 0.25) is 0 Å². The van der Waals surface area contributed by atoms with Crippen LogP contribution in [0.3, 0.4) is 0 Å². The molecule has 0 amide bonds. The first-order valence-corrected chi connectivity index (χ1v) is 3.58. The van der Waals surface area contributed by atoms with Crippen LogP contribution in [-0.2, 0) is 0 Å². The Balaban J connectivity index is 3.12. The lowest BCUT2D eigenvalue weighted by atomic mass is 10.1. The van der Waals surface area contributed by atoms with Crippen molar-refractivity contribution in [1.29, 1.82) is 0 Å². The van der Waals surface area contributed by atoms with Gasteiger partial charge in [0.1, 0.15) is 0 Å². The first kappa shape index (κ1) is 7.79. The van der Waals surface area contributed by atoms with Gasteiger partial charge >= 0.3 is 0 Å². The van der Waals surface area contributed by atoms with E-state index < -0.39 is 0 Å². The highest BCUT2D eigenvalue weighted by molar-refractivity contribution is 5.69. The molecule has 1 rings (SSSR count). The normalized spacial score (nSPS) is 11.6. The zero-order valence-corrected chi connectivity index (χ0v) is 6.89. The summed E-state index contributed by atoms with van der Waals surface area (Å²) in [6.07, 6.45) is 5.61. The van der Waals surface area contributed by atoms with Crippen molar-refractivity contribution in [2.75, 3.05) is 0 Å². The number of aromatic amines is 1. The monoisotopic (exact) mass is 148 g/mol. The summed E-state index contributed by atoms with van der Waals surface area (Å²) in [6.45, 7) is 7.74. The van der Waals surface area contributed by atoms with Gasteiger partial charge in [0.15, 0.2) is 0 Å². The molecule has 0 saturated heterocycles. The van der Waals surface area contributed by atoms with Gasteiger partial charge in [-0.15, -0.1) is 0 Å². The maximum Gasteiger partial charge on any atom is 0.0675 e. The molecule has 1 N–H and O–H groups in total. The van der Waals surface area contributed by atoms with Crippen molar-refractivity contribution >= 4 is 11.6 Å². The second kappa shape index (κ2) is 3.19. The van der Waals surface area contributed by atoms with Crippen LogP contribution in [0.5, 0.6) is 0 Å². The number of aromatic nitrogens is 2. The summed E-state index contributed by atoms with van der Waals surface area (Å²) in [6, 6.07) is 0. The van der Waals surface area contributed by atoms with Crippen molar-refractivity contribution in [3.05, 3.63) is 30.1 Å². The minimum atomic E-state index is 1.06. The summed E-state index contributed by atoms with van der Waals surface area (Å²) in [4.78, 5) is 0. The second-order valence-corrected chi connectivity index (χ2v) is 2.38. The van der Waals surface area contributed by atoms with Crippen LogP contribution in [0.1, 0.15) is 25.1 Å². The summed E-state index contributed by atoms with van der Waals surface area (Å²) < 4.78 is 0. The van der Waals surface area contributed by atoms with Crippen molar-refractivity contribution in [2.45, 2.75) is 13.8 Å². The molecule has 0 aromatic carbocycles. The van der Waals surface area contributed by atoms with Gasteiger partial charge in [-0.05, 0) is 19.4 Å². The highest BCUT2D eigenvalue weighted by Gasteiger charge is 2.01. The molecule has 11 heavy (non-hydrogen) atoms. The van der Waals surface area contributed by atoms with Crippen LogP contribution in [0.25, 0.3) is 11.6 Å². The molecule has 0 atom stereocenters. The third kappa shape index (κ3) is 1.40. The van der Waals surface area contributed by atoms with Gasteiger partial charge in [0.05, 0.1) is 11.9 Å². The molecule has 58 valence electrons. The lowest BCUT2D eigenvalue weighted by Crippen LogP contribution is -1.81. The third-order valence-electron chi connectivity index (χ3n) is 1.72. The Labute approximate surface area is 66.6 Å².